The lowest BCUT2D eigenvalue weighted by molar-refractivity contribution is 0.0177. The normalized spacial score (nSPS) is 16.6. The Morgan fingerprint density at radius 1 is 1.37 bits per heavy atom. The summed E-state index contributed by atoms with van der Waals surface area (Å²) in [5, 5.41) is 10.2. The number of nitrogens with one attached hydrogen (secondary N) is 2. The standard InChI is InChI=1S/C18H27N5OS2.HI/c1-14-12-21-17(26-14)5-6-20-18(19-2)22-13-15(16-4-3-11-25-16)23-7-9-24-10-8-23;/h3-4,11-12,15H,5-10,13H2,1-2H3,(H2,19,20,22);1H. The SMILES string of the molecule is CN=C(NCCc1ncc(C)s1)NCC(c1cccs1)N1CCOCC1.I. The first-order valence-corrected chi connectivity index (χ1v) is 10.7. The van der Waals surface area contributed by atoms with E-state index in [1.54, 1.807) is 11.3 Å². The van der Waals surface area contributed by atoms with Gasteiger partial charge in [-0.25, -0.2) is 4.98 Å². The number of aliphatic imine (C=N–C) groups is 1. The van der Waals surface area contributed by atoms with Crippen LogP contribution in [-0.4, -0.2) is 62.3 Å². The number of ether oxygens (including phenoxy) is 1. The number of hydrogen-bond donors (Lipinski definition) is 2. The van der Waals surface area contributed by atoms with Crippen LogP contribution in [0.3, 0.4) is 0 Å². The largest absolute Gasteiger partial charge is 0.379 e. The van der Waals surface area contributed by atoms with E-state index in [2.05, 4.69) is 49.9 Å². The van der Waals surface area contributed by atoms with Crippen molar-refractivity contribution >= 4 is 52.6 Å². The van der Waals surface area contributed by atoms with Gasteiger partial charge in [-0.2, -0.15) is 0 Å². The van der Waals surface area contributed by atoms with Gasteiger partial charge in [-0.3, -0.25) is 9.89 Å². The quantitative estimate of drug-likeness (QED) is 0.334. The van der Waals surface area contributed by atoms with Crippen LogP contribution in [0.25, 0.3) is 0 Å². The Morgan fingerprint density at radius 3 is 2.81 bits per heavy atom. The van der Waals surface area contributed by atoms with Crippen molar-refractivity contribution in [2.45, 2.75) is 19.4 Å². The molecule has 1 atom stereocenters. The first-order valence-electron chi connectivity index (χ1n) is 8.97. The first kappa shape index (κ1) is 22.5. The molecule has 0 saturated carbocycles. The predicted octanol–water partition coefficient (Wildman–Crippen LogP) is 2.91. The molecule has 1 aliphatic rings. The van der Waals surface area contributed by atoms with Gasteiger partial charge < -0.3 is 15.4 Å². The van der Waals surface area contributed by atoms with Gasteiger partial charge in [0.05, 0.1) is 24.3 Å². The Labute approximate surface area is 186 Å². The fourth-order valence-electron chi connectivity index (χ4n) is 3.00. The second kappa shape index (κ2) is 11.9. The van der Waals surface area contributed by atoms with E-state index in [0.29, 0.717) is 6.04 Å². The Balaban J connectivity index is 0.00000261. The van der Waals surface area contributed by atoms with Gasteiger partial charge in [-0.15, -0.1) is 46.7 Å². The van der Waals surface area contributed by atoms with Crippen molar-refractivity contribution in [3.05, 3.63) is 38.5 Å². The van der Waals surface area contributed by atoms with Crippen molar-refractivity contribution in [2.24, 2.45) is 4.99 Å². The highest BCUT2D eigenvalue weighted by Crippen LogP contribution is 2.25. The Hall–Kier alpha value is -0.750. The molecule has 0 aliphatic carbocycles. The predicted molar refractivity (Wildman–Crippen MR) is 125 cm³/mol. The van der Waals surface area contributed by atoms with E-state index >= 15 is 0 Å². The molecule has 27 heavy (non-hydrogen) atoms. The molecule has 2 aromatic rings. The second-order valence-corrected chi connectivity index (χ2v) is 8.47. The molecule has 2 N–H and O–H groups in total. The molecule has 150 valence electrons. The van der Waals surface area contributed by atoms with Crippen LogP contribution in [-0.2, 0) is 11.2 Å². The van der Waals surface area contributed by atoms with Gasteiger partial charge in [-0.1, -0.05) is 6.07 Å². The van der Waals surface area contributed by atoms with Gasteiger partial charge in [0.1, 0.15) is 0 Å². The Morgan fingerprint density at radius 2 is 2.19 bits per heavy atom. The van der Waals surface area contributed by atoms with Crippen LogP contribution in [0.5, 0.6) is 0 Å². The zero-order valence-corrected chi connectivity index (χ0v) is 19.8. The van der Waals surface area contributed by atoms with Gasteiger partial charge in [-0.05, 0) is 18.4 Å². The number of guanidine groups is 1. The van der Waals surface area contributed by atoms with E-state index < -0.39 is 0 Å². The van der Waals surface area contributed by atoms with Crippen molar-refractivity contribution in [3.63, 3.8) is 0 Å². The van der Waals surface area contributed by atoms with Gasteiger partial charge >= 0.3 is 0 Å². The molecule has 0 radical (unpaired) electrons. The minimum absolute atomic E-state index is 0. The van der Waals surface area contributed by atoms with Gasteiger partial charge in [0.25, 0.3) is 0 Å². The van der Waals surface area contributed by atoms with Crippen molar-refractivity contribution < 1.29 is 4.74 Å². The topological polar surface area (TPSA) is 61.8 Å². The van der Waals surface area contributed by atoms with Crippen LogP contribution >= 0.6 is 46.7 Å². The molecule has 1 aliphatic heterocycles. The van der Waals surface area contributed by atoms with Crippen LogP contribution in [0.4, 0.5) is 0 Å². The molecule has 0 aromatic carbocycles. The van der Waals surface area contributed by atoms with E-state index in [9.17, 15) is 0 Å². The number of morpholine rings is 1. The monoisotopic (exact) mass is 521 g/mol. The highest BCUT2D eigenvalue weighted by atomic mass is 127. The average molecular weight is 521 g/mol. The van der Waals surface area contributed by atoms with Crippen LogP contribution in [0.1, 0.15) is 20.8 Å². The Kier molecular flexibility index (Phi) is 9.98. The number of halogens is 1. The molecule has 3 rings (SSSR count). The molecular formula is C18H28IN5OS2. The smallest absolute Gasteiger partial charge is 0.191 e. The molecule has 1 unspecified atom stereocenters. The molecule has 3 heterocycles. The summed E-state index contributed by atoms with van der Waals surface area (Å²) in [4.78, 5) is 13.9. The highest BCUT2D eigenvalue weighted by Gasteiger charge is 2.23. The number of hydrogen-bond acceptors (Lipinski definition) is 6. The van der Waals surface area contributed by atoms with Gasteiger partial charge in [0, 0.05) is 55.6 Å². The van der Waals surface area contributed by atoms with Crippen molar-refractivity contribution in [2.75, 3.05) is 46.4 Å². The number of rotatable bonds is 7. The molecule has 6 nitrogen and oxygen atoms in total. The van der Waals surface area contributed by atoms with E-state index in [-0.39, 0.29) is 24.0 Å². The van der Waals surface area contributed by atoms with Crippen LogP contribution in [0.2, 0.25) is 0 Å². The number of nitrogens with zero attached hydrogens (tertiary/aromatic N) is 3. The maximum atomic E-state index is 5.51. The number of thiophene rings is 1. The summed E-state index contributed by atoms with van der Waals surface area (Å²) in [5.74, 6) is 0.841. The number of thiazole rings is 1. The molecule has 2 aromatic heterocycles. The summed E-state index contributed by atoms with van der Waals surface area (Å²) in [7, 11) is 1.82. The van der Waals surface area contributed by atoms with Crippen LogP contribution in [0, 0.1) is 6.92 Å². The zero-order chi connectivity index (χ0) is 18.2. The van der Waals surface area contributed by atoms with Gasteiger partial charge in [0.15, 0.2) is 5.96 Å². The van der Waals surface area contributed by atoms with E-state index in [0.717, 1.165) is 56.8 Å². The third-order valence-corrected chi connectivity index (χ3v) is 6.29. The zero-order valence-electron chi connectivity index (χ0n) is 15.8. The third-order valence-electron chi connectivity index (χ3n) is 4.34. The molecule has 1 fully saturated rings. The number of aryl methyl sites for hydroxylation is 1. The lowest BCUT2D eigenvalue weighted by atomic mass is 10.2. The molecule has 0 bridgehead atoms. The average Bonchev–Trinajstić information content (AvgIpc) is 3.33. The minimum atomic E-state index is 0. The lowest BCUT2D eigenvalue weighted by Gasteiger charge is -2.34. The third kappa shape index (κ3) is 6.97. The maximum Gasteiger partial charge on any atom is 0.191 e. The van der Waals surface area contributed by atoms with E-state index in [4.69, 9.17) is 4.74 Å². The lowest BCUT2D eigenvalue weighted by Crippen LogP contribution is -2.46. The summed E-state index contributed by atoms with van der Waals surface area (Å²) < 4.78 is 5.51. The summed E-state index contributed by atoms with van der Waals surface area (Å²) in [6.07, 6.45) is 2.85. The molecular weight excluding hydrogens is 493 g/mol. The van der Waals surface area contributed by atoms with E-state index in [1.165, 1.54) is 9.75 Å². The van der Waals surface area contributed by atoms with Gasteiger partial charge in [0.2, 0.25) is 0 Å². The summed E-state index contributed by atoms with van der Waals surface area (Å²) >= 11 is 3.57. The molecule has 0 amide bonds. The fourth-order valence-corrected chi connectivity index (χ4v) is 4.65. The minimum Gasteiger partial charge on any atom is -0.379 e. The molecule has 0 spiro atoms. The van der Waals surface area contributed by atoms with Crippen molar-refractivity contribution in [3.8, 4) is 0 Å². The summed E-state index contributed by atoms with van der Waals surface area (Å²) in [6, 6.07) is 4.68. The Bertz CT molecular complexity index is 686. The molecule has 1 saturated heterocycles. The van der Waals surface area contributed by atoms with Crippen LogP contribution < -0.4 is 10.6 Å². The van der Waals surface area contributed by atoms with E-state index in [1.807, 2.05) is 24.6 Å². The fraction of sp³-hybridized carbons (Fsp3) is 0.556. The first-order chi connectivity index (χ1) is 12.8. The van der Waals surface area contributed by atoms with Crippen molar-refractivity contribution in [1.29, 1.82) is 0 Å². The second-order valence-electron chi connectivity index (χ2n) is 6.17. The highest BCUT2D eigenvalue weighted by molar-refractivity contribution is 14.0. The van der Waals surface area contributed by atoms with Crippen LogP contribution in [0.15, 0.2) is 28.7 Å². The van der Waals surface area contributed by atoms with Crippen molar-refractivity contribution in [1.82, 2.24) is 20.5 Å². The summed E-state index contributed by atoms with van der Waals surface area (Å²) in [6.45, 7) is 7.30. The number of aromatic nitrogens is 1. The summed E-state index contributed by atoms with van der Waals surface area (Å²) in [5.41, 5.74) is 0. The maximum absolute atomic E-state index is 5.51. The molecule has 9 heteroatoms.